The van der Waals surface area contributed by atoms with Gasteiger partial charge in [0.2, 0.25) is 0 Å². The van der Waals surface area contributed by atoms with Gasteiger partial charge in [0.1, 0.15) is 11.5 Å². The Morgan fingerprint density at radius 1 is 1.29 bits per heavy atom. The summed E-state index contributed by atoms with van der Waals surface area (Å²) < 4.78 is 0. The van der Waals surface area contributed by atoms with Gasteiger partial charge in [0.15, 0.2) is 0 Å². The first-order valence-electron chi connectivity index (χ1n) is 7.53. The summed E-state index contributed by atoms with van der Waals surface area (Å²) in [6, 6.07) is 3.46. The molecule has 0 saturated carbocycles. The number of pyridine rings is 1. The van der Waals surface area contributed by atoms with E-state index in [4.69, 9.17) is 11.6 Å². The second-order valence-electron chi connectivity index (χ2n) is 4.69. The summed E-state index contributed by atoms with van der Waals surface area (Å²) in [7, 11) is 0. The van der Waals surface area contributed by atoms with E-state index in [1.54, 1.807) is 12.1 Å². The smallest absolute Gasteiger partial charge is 0.271 e. The fourth-order valence-electron chi connectivity index (χ4n) is 2.01. The molecule has 21 heavy (non-hydrogen) atoms. The molecule has 1 aromatic heterocycles. The molecule has 2 N–H and O–H groups in total. The molecule has 118 valence electrons. The van der Waals surface area contributed by atoms with E-state index in [0.29, 0.717) is 17.4 Å². The van der Waals surface area contributed by atoms with Crippen LogP contribution in [0.15, 0.2) is 12.1 Å². The second kappa shape index (κ2) is 9.58. The van der Waals surface area contributed by atoms with Gasteiger partial charge in [-0.05, 0) is 45.1 Å². The van der Waals surface area contributed by atoms with Crippen molar-refractivity contribution in [2.24, 2.45) is 0 Å². The maximum absolute atomic E-state index is 12.1. The summed E-state index contributed by atoms with van der Waals surface area (Å²) in [5.74, 6) is 0.439. The molecule has 0 radical (unpaired) electrons. The maximum Gasteiger partial charge on any atom is 0.271 e. The minimum atomic E-state index is -0.223. The van der Waals surface area contributed by atoms with Crippen molar-refractivity contribution >= 4 is 23.3 Å². The number of rotatable bonds is 9. The monoisotopic (exact) mass is 312 g/mol. The van der Waals surface area contributed by atoms with Crippen LogP contribution >= 0.6 is 11.6 Å². The molecule has 0 aromatic carbocycles. The highest BCUT2D eigenvalue weighted by Gasteiger charge is 2.12. The third-order valence-corrected chi connectivity index (χ3v) is 3.56. The van der Waals surface area contributed by atoms with E-state index in [2.05, 4.69) is 34.4 Å². The minimum absolute atomic E-state index is 0.223. The molecule has 0 aliphatic rings. The van der Waals surface area contributed by atoms with Gasteiger partial charge < -0.3 is 15.5 Å². The van der Waals surface area contributed by atoms with Crippen molar-refractivity contribution in [2.75, 3.05) is 38.0 Å². The second-order valence-corrected chi connectivity index (χ2v) is 5.10. The summed E-state index contributed by atoms with van der Waals surface area (Å²) >= 11 is 6.04. The third-order valence-electron chi connectivity index (χ3n) is 3.25. The Kier molecular flexibility index (Phi) is 8.08. The predicted molar refractivity (Wildman–Crippen MR) is 88.1 cm³/mol. The fraction of sp³-hybridized carbons (Fsp3) is 0.600. The van der Waals surface area contributed by atoms with Crippen LogP contribution in [0.25, 0.3) is 0 Å². The predicted octanol–water partition coefficient (Wildman–Crippen LogP) is 2.63. The zero-order valence-electron chi connectivity index (χ0n) is 13.1. The lowest BCUT2D eigenvalue weighted by Gasteiger charge is -2.17. The molecule has 1 aromatic rings. The third kappa shape index (κ3) is 5.89. The molecule has 0 fully saturated rings. The topological polar surface area (TPSA) is 57.3 Å². The van der Waals surface area contributed by atoms with E-state index in [0.717, 1.165) is 32.6 Å². The van der Waals surface area contributed by atoms with Crippen molar-refractivity contribution in [1.82, 2.24) is 15.2 Å². The van der Waals surface area contributed by atoms with Gasteiger partial charge in [-0.3, -0.25) is 4.79 Å². The first kappa shape index (κ1) is 17.7. The molecule has 0 aliphatic heterocycles. The molecular weight excluding hydrogens is 288 g/mol. The van der Waals surface area contributed by atoms with Crippen molar-refractivity contribution in [2.45, 2.75) is 27.2 Å². The van der Waals surface area contributed by atoms with Crippen LogP contribution in [0.2, 0.25) is 5.02 Å². The Hall–Kier alpha value is -1.33. The van der Waals surface area contributed by atoms with E-state index in [-0.39, 0.29) is 11.6 Å². The number of amides is 1. The average molecular weight is 313 g/mol. The first-order chi connectivity index (χ1) is 10.1. The quantitative estimate of drug-likeness (QED) is 0.688. The summed E-state index contributed by atoms with van der Waals surface area (Å²) in [5.41, 5.74) is 0.276. The highest BCUT2D eigenvalue weighted by molar-refractivity contribution is 6.33. The Labute approximate surface area is 132 Å². The number of hydrogen-bond acceptors (Lipinski definition) is 4. The molecule has 0 spiro atoms. The molecule has 1 rings (SSSR count). The van der Waals surface area contributed by atoms with Crippen LogP contribution in [0.1, 0.15) is 37.7 Å². The van der Waals surface area contributed by atoms with Crippen molar-refractivity contribution in [3.63, 3.8) is 0 Å². The Bertz CT molecular complexity index is 449. The summed E-state index contributed by atoms with van der Waals surface area (Å²) in [6.07, 6.45) is 0.915. The zero-order chi connectivity index (χ0) is 15.7. The molecule has 1 heterocycles. The molecule has 0 saturated heterocycles. The van der Waals surface area contributed by atoms with Gasteiger partial charge in [0.05, 0.1) is 5.02 Å². The van der Waals surface area contributed by atoms with Gasteiger partial charge in [0, 0.05) is 13.1 Å². The van der Waals surface area contributed by atoms with Crippen molar-refractivity contribution in [1.29, 1.82) is 0 Å². The van der Waals surface area contributed by atoms with Crippen LogP contribution in [0.3, 0.4) is 0 Å². The highest BCUT2D eigenvalue weighted by Crippen LogP contribution is 2.16. The summed E-state index contributed by atoms with van der Waals surface area (Å²) in [5, 5.41) is 6.32. The average Bonchev–Trinajstić information content (AvgIpc) is 2.49. The molecule has 0 unspecified atom stereocenters. The van der Waals surface area contributed by atoms with Crippen molar-refractivity contribution in [3.8, 4) is 0 Å². The van der Waals surface area contributed by atoms with Crippen LogP contribution in [0, 0.1) is 0 Å². The maximum atomic E-state index is 12.1. The van der Waals surface area contributed by atoms with Gasteiger partial charge in [-0.25, -0.2) is 4.98 Å². The Morgan fingerprint density at radius 2 is 2.00 bits per heavy atom. The normalized spacial score (nSPS) is 10.7. The molecule has 1 amide bonds. The fourth-order valence-corrected chi connectivity index (χ4v) is 2.20. The largest absolute Gasteiger partial charge is 0.370 e. The summed E-state index contributed by atoms with van der Waals surface area (Å²) in [6.45, 7) is 10.7. The standard InChI is InChI=1S/C15H25ClN4O/c1-4-17-13-9-8-12(16)14(19-13)15(21)18-10-7-11-20(5-2)6-3/h8-9H,4-7,10-11H2,1-3H3,(H,17,19)(H,18,21). The van der Waals surface area contributed by atoms with E-state index < -0.39 is 0 Å². The zero-order valence-corrected chi connectivity index (χ0v) is 13.8. The number of halogens is 1. The van der Waals surface area contributed by atoms with Crippen molar-refractivity contribution < 1.29 is 4.79 Å². The number of anilines is 1. The van der Waals surface area contributed by atoms with Gasteiger partial charge in [-0.1, -0.05) is 25.4 Å². The van der Waals surface area contributed by atoms with E-state index in [1.165, 1.54) is 0 Å². The molecule has 0 atom stereocenters. The lowest BCUT2D eigenvalue weighted by molar-refractivity contribution is 0.0947. The number of hydrogen-bond donors (Lipinski definition) is 2. The number of aromatic nitrogens is 1. The van der Waals surface area contributed by atoms with Crippen LogP contribution in [-0.4, -0.2) is 48.5 Å². The first-order valence-corrected chi connectivity index (χ1v) is 7.91. The van der Waals surface area contributed by atoms with E-state index in [9.17, 15) is 4.79 Å². The van der Waals surface area contributed by atoms with Gasteiger partial charge >= 0.3 is 0 Å². The molecule has 0 bridgehead atoms. The lowest BCUT2D eigenvalue weighted by atomic mass is 10.3. The van der Waals surface area contributed by atoms with Crippen LogP contribution in [-0.2, 0) is 0 Å². The number of nitrogens with zero attached hydrogens (tertiary/aromatic N) is 2. The van der Waals surface area contributed by atoms with E-state index in [1.807, 2.05) is 6.92 Å². The highest BCUT2D eigenvalue weighted by atomic mass is 35.5. The molecule has 6 heteroatoms. The number of carbonyl (C=O) groups excluding carboxylic acids is 1. The van der Waals surface area contributed by atoms with Crippen LogP contribution < -0.4 is 10.6 Å². The van der Waals surface area contributed by atoms with Crippen LogP contribution in [0.5, 0.6) is 0 Å². The number of carbonyl (C=O) groups is 1. The Morgan fingerprint density at radius 3 is 2.62 bits per heavy atom. The van der Waals surface area contributed by atoms with Gasteiger partial charge in [-0.15, -0.1) is 0 Å². The van der Waals surface area contributed by atoms with Crippen molar-refractivity contribution in [3.05, 3.63) is 22.8 Å². The molecule has 5 nitrogen and oxygen atoms in total. The number of nitrogens with one attached hydrogen (secondary N) is 2. The SMILES string of the molecule is CCNc1ccc(Cl)c(C(=O)NCCCN(CC)CC)n1. The van der Waals surface area contributed by atoms with Gasteiger partial charge in [0.25, 0.3) is 5.91 Å². The molecular formula is C15H25ClN4O. The Balaban J connectivity index is 2.49. The summed E-state index contributed by atoms with van der Waals surface area (Å²) in [4.78, 5) is 18.7. The van der Waals surface area contributed by atoms with Gasteiger partial charge in [-0.2, -0.15) is 0 Å². The van der Waals surface area contributed by atoms with Crippen LogP contribution in [0.4, 0.5) is 5.82 Å². The molecule has 0 aliphatic carbocycles. The minimum Gasteiger partial charge on any atom is -0.370 e. The van der Waals surface area contributed by atoms with E-state index >= 15 is 0 Å². The lowest BCUT2D eigenvalue weighted by Crippen LogP contribution is -2.30.